The maximum atomic E-state index is 12.5. The van der Waals surface area contributed by atoms with E-state index < -0.39 is 6.09 Å². The van der Waals surface area contributed by atoms with E-state index in [2.05, 4.69) is 5.32 Å². The Morgan fingerprint density at radius 3 is 2.67 bits per heavy atom. The molecule has 0 spiro atoms. The molecule has 1 N–H and O–H groups in total. The second-order valence-corrected chi connectivity index (χ2v) is 3.12. The lowest BCUT2D eigenvalue weighted by Crippen LogP contribution is -2.27. The number of nitrogens with one attached hydrogen (secondary N) is 1. The molecule has 1 rings (SSSR count). The smallest absolute Gasteiger partial charge is 0.410 e. The topological polar surface area (TPSA) is 38.3 Å². The summed E-state index contributed by atoms with van der Waals surface area (Å²) in [5, 5.41) is 2.59. The van der Waals surface area contributed by atoms with Gasteiger partial charge in [-0.1, -0.05) is 13.3 Å². The molecule has 0 saturated carbocycles. The van der Waals surface area contributed by atoms with Crippen molar-refractivity contribution in [1.82, 2.24) is 5.32 Å². The van der Waals surface area contributed by atoms with E-state index in [0.717, 1.165) is 12.8 Å². The van der Waals surface area contributed by atoms with Gasteiger partial charge in [-0.2, -0.15) is 0 Å². The van der Waals surface area contributed by atoms with Gasteiger partial charge in [-0.3, -0.25) is 0 Å². The minimum atomic E-state index is -0.505. The van der Waals surface area contributed by atoms with Gasteiger partial charge in [-0.15, -0.1) is 0 Å². The van der Waals surface area contributed by atoms with Crippen molar-refractivity contribution in [2.45, 2.75) is 19.8 Å². The van der Waals surface area contributed by atoms with E-state index in [0.29, 0.717) is 12.3 Å². The third-order valence-electron chi connectivity index (χ3n) is 1.82. The summed E-state index contributed by atoms with van der Waals surface area (Å²) in [4.78, 5) is 11.1. The standard InChI is InChI=1S/C11H14FNO2/c1-2-3-8-13-11(14)15-10-6-4-9(12)5-7-10/h4-7H,2-3,8H2,1H3,(H,13,14). The molecule has 82 valence electrons. The third-order valence-corrected chi connectivity index (χ3v) is 1.82. The Kier molecular flexibility index (Phi) is 4.60. The SMILES string of the molecule is CCCCNC(=O)Oc1ccc(F)cc1. The number of unbranched alkanes of at least 4 members (excludes halogenated alkanes) is 1. The van der Waals surface area contributed by atoms with Gasteiger partial charge in [0.25, 0.3) is 0 Å². The molecule has 0 heterocycles. The zero-order valence-corrected chi connectivity index (χ0v) is 8.63. The zero-order valence-electron chi connectivity index (χ0n) is 8.63. The van der Waals surface area contributed by atoms with Crippen LogP contribution in [0.1, 0.15) is 19.8 Å². The van der Waals surface area contributed by atoms with Gasteiger partial charge in [0.2, 0.25) is 0 Å². The van der Waals surface area contributed by atoms with E-state index in [-0.39, 0.29) is 5.82 Å². The summed E-state index contributed by atoms with van der Waals surface area (Å²) in [5.74, 6) is -0.0147. The zero-order chi connectivity index (χ0) is 11.1. The van der Waals surface area contributed by atoms with Crippen LogP contribution >= 0.6 is 0 Å². The van der Waals surface area contributed by atoms with Gasteiger partial charge < -0.3 is 10.1 Å². The first-order valence-corrected chi connectivity index (χ1v) is 4.93. The molecule has 0 atom stereocenters. The van der Waals surface area contributed by atoms with Crippen LogP contribution in [0.4, 0.5) is 9.18 Å². The van der Waals surface area contributed by atoms with E-state index >= 15 is 0 Å². The summed E-state index contributed by atoms with van der Waals surface area (Å²) in [6.07, 6.45) is 1.42. The molecule has 15 heavy (non-hydrogen) atoms. The maximum absolute atomic E-state index is 12.5. The average Bonchev–Trinajstić information content (AvgIpc) is 2.22. The predicted molar refractivity (Wildman–Crippen MR) is 55.3 cm³/mol. The first kappa shape index (κ1) is 11.5. The van der Waals surface area contributed by atoms with Crippen molar-refractivity contribution in [3.8, 4) is 5.75 Å². The highest BCUT2D eigenvalue weighted by molar-refractivity contribution is 5.70. The fraction of sp³-hybridized carbons (Fsp3) is 0.364. The second kappa shape index (κ2) is 6.01. The van der Waals surface area contributed by atoms with E-state index in [4.69, 9.17) is 4.74 Å². The lowest BCUT2D eigenvalue weighted by Gasteiger charge is -2.05. The summed E-state index contributed by atoms with van der Waals surface area (Å²) in [6, 6.07) is 5.31. The van der Waals surface area contributed by atoms with Crippen molar-refractivity contribution in [3.05, 3.63) is 30.1 Å². The first-order valence-electron chi connectivity index (χ1n) is 4.93. The Hall–Kier alpha value is -1.58. The normalized spacial score (nSPS) is 9.73. The minimum absolute atomic E-state index is 0.338. The van der Waals surface area contributed by atoms with Crippen molar-refractivity contribution in [2.24, 2.45) is 0 Å². The van der Waals surface area contributed by atoms with Gasteiger partial charge >= 0.3 is 6.09 Å². The van der Waals surface area contributed by atoms with Gasteiger partial charge in [-0.25, -0.2) is 9.18 Å². The predicted octanol–water partition coefficient (Wildman–Crippen LogP) is 2.71. The number of rotatable bonds is 4. The van der Waals surface area contributed by atoms with Crippen molar-refractivity contribution >= 4 is 6.09 Å². The van der Waals surface area contributed by atoms with Crippen LogP contribution in [0.5, 0.6) is 5.75 Å². The Labute approximate surface area is 88.2 Å². The molecule has 0 fully saturated rings. The summed E-state index contributed by atoms with van der Waals surface area (Å²) in [5.41, 5.74) is 0. The Morgan fingerprint density at radius 2 is 2.07 bits per heavy atom. The Morgan fingerprint density at radius 1 is 1.40 bits per heavy atom. The van der Waals surface area contributed by atoms with Crippen LogP contribution in [0.2, 0.25) is 0 Å². The van der Waals surface area contributed by atoms with Crippen LogP contribution in [-0.4, -0.2) is 12.6 Å². The van der Waals surface area contributed by atoms with Gasteiger partial charge in [0.15, 0.2) is 0 Å². The Balaban J connectivity index is 2.34. The van der Waals surface area contributed by atoms with Crippen LogP contribution < -0.4 is 10.1 Å². The van der Waals surface area contributed by atoms with Gasteiger partial charge in [-0.05, 0) is 30.7 Å². The monoisotopic (exact) mass is 211 g/mol. The molecule has 0 aliphatic heterocycles. The third kappa shape index (κ3) is 4.44. The van der Waals surface area contributed by atoms with Gasteiger partial charge in [0, 0.05) is 6.54 Å². The molecule has 3 nitrogen and oxygen atoms in total. The highest BCUT2D eigenvalue weighted by Gasteiger charge is 2.02. The number of hydrogen-bond donors (Lipinski definition) is 1. The lowest BCUT2D eigenvalue weighted by atomic mass is 10.3. The molecule has 1 amide bonds. The van der Waals surface area contributed by atoms with E-state index in [1.165, 1.54) is 24.3 Å². The van der Waals surface area contributed by atoms with Crippen LogP contribution in [-0.2, 0) is 0 Å². The number of hydrogen-bond acceptors (Lipinski definition) is 2. The molecule has 4 heteroatoms. The molecule has 0 radical (unpaired) electrons. The highest BCUT2D eigenvalue weighted by atomic mass is 19.1. The van der Waals surface area contributed by atoms with Gasteiger partial charge in [0.05, 0.1) is 0 Å². The summed E-state index contributed by atoms with van der Waals surface area (Å²) in [6.45, 7) is 2.63. The molecule has 0 saturated heterocycles. The quantitative estimate of drug-likeness (QED) is 0.777. The van der Waals surface area contributed by atoms with Crippen LogP contribution in [0.25, 0.3) is 0 Å². The molecule has 0 bridgehead atoms. The second-order valence-electron chi connectivity index (χ2n) is 3.12. The first-order chi connectivity index (χ1) is 7.22. The summed E-state index contributed by atoms with van der Waals surface area (Å²) < 4.78 is 17.4. The number of amides is 1. The van der Waals surface area contributed by atoms with Crippen molar-refractivity contribution < 1.29 is 13.9 Å². The van der Waals surface area contributed by atoms with Crippen LogP contribution in [0.3, 0.4) is 0 Å². The van der Waals surface area contributed by atoms with Crippen molar-refractivity contribution in [3.63, 3.8) is 0 Å². The van der Waals surface area contributed by atoms with Crippen LogP contribution in [0, 0.1) is 5.82 Å². The largest absolute Gasteiger partial charge is 0.412 e. The minimum Gasteiger partial charge on any atom is -0.410 e. The molecule has 0 unspecified atom stereocenters. The molecule has 0 aliphatic rings. The van der Waals surface area contributed by atoms with Crippen LogP contribution in [0.15, 0.2) is 24.3 Å². The van der Waals surface area contributed by atoms with Crippen molar-refractivity contribution in [2.75, 3.05) is 6.54 Å². The van der Waals surface area contributed by atoms with Gasteiger partial charge in [0.1, 0.15) is 11.6 Å². The number of ether oxygens (including phenoxy) is 1. The molecular formula is C11H14FNO2. The number of carbonyl (C=O) groups is 1. The molecule has 1 aromatic carbocycles. The molecule has 0 aromatic heterocycles. The highest BCUT2D eigenvalue weighted by Crippen LogP contribution is 2.10. The van der Waals surface area contributed by atoms with E-state index in [1.807, 2.05) is 6.92 Å². The summed E-state index contributed by atoms with van der Waals surface area (Å²) in [7, 11) is 0. The lowest BCUT2D eigenvalue weighted by molar-refractivity contribution is 0.200. The average molecular weight is 211 g/mol. The molecular weight excluding hydrogens is 197 g/mol. The maximum Gasteiger partial charge on any atom is 0.412 e. The fourth-order valence-electron chi connectivity index (χ4n) is 1.01. The number of benzene rings is 1. The van der Waals surface area contributed by atoms with Crippen molar-refractivity contribution in [1.29, 1.82) is 0 Å². The number of halogens is 1. The van der Waals surface area contributed by atoms with E-state index in [9.17, 15) is 9.18 Å². The fourth-order valence-corrected chi connectivity index (χ4v) is 1.01. The van der Waals surface area contributed by atoms with E-state index in [1.54, 1.807) is 0 Å². The molecule has 1 aromatic rings. The Bertz CT molecular complexity index is 311. The molecule has 0 aliphatic carbocycles. The summed E-state index contributed by atoms with van der Waals surface area (Å²) >= 11 is 0. The number of carbonyl (C=O) groups excluding carboxylic acids is 1.